The molecule has 2 heterocycles. The minimum atomic E-state index is -3.43. The minimum absolute atomic E-state index is 0.0357. The first-order valence-corrected chi connectivity index (χ1v) is 10.0. The molecule has 2 aromatic rings. The van der Waals surface area contributed by atoms with E-state index in [-0.39, 0.29) is 6.04 Å². The lowest BCUT2D eigenvalue weighted by Gasteiger charge is -2.32. The summed E-state index contributed by atoms with van der Waals surface area (Å²) >= 11 is 0. The van der Waals surface area contributed by atoms with Gasteiger partial charge in [-0.3, -0.25) is 0 Å². The summed E-state index contributed by atoms with van der Waals surface area (Å²) in [7, 11) is -3.43. The molecule has 0 unspecified atom stereocenters. The van der Waals surface area contributed by atoms with Crippen molar-refractivity contribution < 1.29 is 8.42 Å². The molecular formula is C19H23N3O2S. The molecule has 1 N–H and O–H groups in total. The lowest BCUT2D eigenvalue weighted by atomic mass is 10.1. The highest BCUT2D eigenvalue weighted by Gasteiger charge is 2.23. The lowest BCUT2D eigenvalue weighted by Crippen LogP contribution is -2.44. The van der Waals surface area contributed by atoms with E-state index in [1.807, 2.05) is 55.5 Å². The quantitative estimate of drug-likeness (QED) is 0.894. The van der Waals surface area contributed by atoms with Gasteiger partial charge in [-0.15, -0.1) is 0 Å². The number of aryl methyl sites for hydroxylation is 1. The summed E-state index contributed by atoms with van der Waals surface area (Å²) in [6, 6.07) is 15.4. The topological polar surface area (TPSA) is 62.3 Å². The number of rotatable bonds is 5. The van der Waals surface area contributed by atoms with Crippen molar-refractivity contribution >= 4 is 21.9 Å². The van der Waals surface area contributed by atoms with Crippen LogP contribution in [0.1, 0.15) is 24.1 Å². The maximum atomic E-state index is 12.2. The molecule has 0 aliphatic carbocycles. The van der Waals surface area contributed by atoms with Gasteiger partial charge in [0.1, 0.15) is 5.82 Å². The van der Waals surface area contributed by atoms with Crippen molar-refractivity contribution in [2.75, 3.05) is 18.0 Å². The van der Waals surface area contributed by atoms with Gasteiger partial charge in [-0.2, -0.15) is 0 Å². The average molecular weight is 357 g/mol. The van der Waals surface area contributed by atoms with Gasteiger partial charge in [0.15, 0.2) is 0 Å². The number of nitrogens with zero attached hydrogens (tertiary/aromatic N) is 2. The van der Waals surface area contributed by atoms with Gasteiger partial charge in [0.25, 0.3) is 0 Å². The number of nitrogens with one attached hydrogen (secondary N) is 1. The Balaban J connectivity index is 1.55. The van der Waals surface area contributed by atoms with Crippen molar-refractivity contribution in [3.05, 3.63) is 65.2 Å². The summed E-state index contributed by atoms with van der Waals surface area (Å²) in [5.41, 5.74) is 1.86. The van der Waals surface area contributed by atoms with Crippen molar-refractivity contribution in [3.63, 3.8) is 0 Å². The molecule has 1 aliphatic heterocycles. The number of aromatic nitrogens is 1. The molecule has 0 bridgehead atoms. The summed E-state index contributed by atoms with van der Waals surface area (Å²) in [4.78, 5) is 6.74. The van der Waals surface area contributed by atoms with E-state index in [1.165, 1.54) is 5.41 Å². The monoisotopic (exact) mass is 357 g/mol. The zero-order valence-corrected chi connectivity index (χ0v) is 15.1. The Bertz CT molecular complexity index is 827. The molecule has 1 aromatic carbocycles. The van der Waals surface area contributed by atoms with Gasteiger partial charge in [0.05, 0.1) is 0 Å². The number of sulfonamides is 1. The highest BCUT2D eigenvalue weighted by atomic mass is 32.2. The molecule has 3 rings (SSSR count). The van der Waals surface area contributed by atoms with Gasteiger partial charge in [-0.25, -0.2) is 18.1 Å². The van der Waals surface area contributed by atoms with Gasteiger partial charge >= 0.3 is 0 Å². The van der Waals surface area contributed by atoms with E-state index in [9.17, 15) is 8.42 Å². The lowest BCUT2D eigenvalue weighted by molar-refractivity contribution is 0.461. The molecule has 0 radical (unpaired) electrons. The molecular weight excluding hydrogens is 334 g/mol. The maximum Gasteiger partial charge on any atom is 0.233 e. The number of pyridine rings is 1. The van der Waals surface area contributed by atoms with Crippen LogP contribution in [0.2, 0.25) is 0 Å². The predicted molar refractivity (Wildman–Crippen MR) is 102 cm³/mol. The molecule has 0 saturated carbocycles. The summed E-state index contributed by atoms with van der Waals surface area (Å²) in [5, 5.41) is 1.25. The molecule has 1 aliphatic rings. The summed E-state index contributed by atoms with van der Waals surface area (Å²) < 4.78 is 27.3. The van der Waals surface area contributed by atoms with Crippen LogP contribution in [-0.4, -0.2) is 32.5 Å². The average Bonchev–Trinajstić information content (AvgIpc) is 2.61. The summed E-state index contributed by atoms with van der Waals surface area (Å²) in [5.74, 6) is 0.963. The van der Waals surface area contributed by atoms with Crippen LogP contribution >= 0.6 is 0 Å². The number of anilines is 1. The standard InChI is InChI=1S/C19H23N3O2S/c1-16-6-5-9-19(20-16)22-13-10-18(11-14-22)21-25(23,24)15-12-17-7-3-2-4-8-17/h2-9,12,15,18,21H,10-11,13-14H2,1H3/b15-12+. The zero-order chi connectivity index (χ0) is 17.7. The Labute approximate surface area is 149 Å². The molecule has 1 fully saturated rings. The molecule has 6 heteroatoms. The SMILES string of the molecule is Cc1cccc(N2CCC(NS(=O)(=O)/C=C/c3ccccc3)CC2)n1. The normalized spacial score (nSPS) is 16.4. The van der Waals surface area contributed by atoms with Gasteiger partial charge < -0.3 is 4.90 Å². The Morgan fingerprint density at radius 1 is 1.08 bits per heavy atom. The fourth-order valence-corrected chi connectivity index (χ4v) is 4.05. The van der Waals surface area contributed by atoms with Gasteiger partial charge in [0, 0.05) is 30.2 Å². The van der Waals surface area contributed by atoms with E-state index >= 15 is 0 Å². The third-order valence-corrected chi connectivity index (χ3v) is 5.42. The summed E-state index contributed by atoms with van der Waals surface area (Å²) in [6.07, 6.45) is 3.16. The van der Waals surface area contributed by atoms with E-state index in [2.05, 4.69) is 14.6 Å². The van der Waals surface area contributed by atoms with Crippen molar-refractivity contribution in [3.8, 4) is 0 Å². The first-order chi connectivity index (χ1) is 12.0. The first kappa shape index (κ1) is 17.6. The van der Waals surface area contributed by atoms with Crippen LogP contribution in [0.5, 0.6) is 0 Å². The van der Waals surface area contributed by atoms with Crippen LogP contribution in [0.15, 0.2) is 53.9 Å². The van der Waals surface area contributed by atoms with E-state index in [4.69, 9.17) is 0 Å². The third-order valence-electron chi connectivity index (χ3n) is 4.26. The molecule has 25 heavy (non-hydrogen) atoms. The van der Waals surface area contributed by atoms with Crippen LogP contribution in [-0.2, 0) is 10.0 Å². The predicted octanol–water partition coefficient (Wildman–Crippen LogP) is 2.95. The van der Waals surface area contributed by atoms with Crippen LogP contribution in [0, 0.1) is 6.92 Å². The Hall–Kier alpha value is -2.18. The van der Waals surface area contributed by atoms with Crippen LogP contribution in [0.25, 0.3) is 6.08 Å². The molecule has 0 spiro atoms. The molecule has 5 nitrogen and oxygen atoms in total. The Kier molecular flexibility index (Phi) is 5.50. The van der Waals surface area contributed by atoms with Gasteiger partial charge in [-0.1, -0.05) is 36.4 Å². The molecule has 0 amide bonds. The maximum absolute atomic E-state index is 12.2. The second-order valence-corrected chi connectivity index (χ2v) is 7.87. The zero-order valence-electron chi connectivity index (χ0n) is 14.3. The fourth-order valence-electron chi connectivity index (χ4n) is 2.94. The molecule has 0 atom stereocenters. The van der Waals surface area contributed by atoms with Crippen LogP contribution in [0.3, 0.4) is 0 Å². The van der Waals surface area contributed by atoms with E-state index < -0.39 is 10.0 Å². The van der Waals surface area contributed by atoms with E-state index in [0.29, 0.717) is 0 Å². The number of hydrogen-bond donors (Lipinski definition) is 1. The second kappa shape index (κ2) is 7.80. The minimum Gasteiger partial charge on any atom is -0.356 e. The van der Waals surface area contributed by atoms with E-state index in [0.717, 1.165) is 43.0 Å². The second-order valence-electron chi connectivity index (χ2n) is 6.27. The molecule has 132 valence electrons. The number of hydrogen-bond acceptors (Lipinski definition) is 4. The number of benzene rings is 1. The Morgan fingerprint density at radius 2 is 1.80 bits per heavy atom. The van der Waals surface area contributed by atoms with Crippen LogP contribution < -0.4 is 9.62 Å². The molecule has 1 aromatic heterocycles. The van der Waals surface area contributed by atoms with Gasteiger partial charge in [0.2, 0.25) is 10.0 Å². The van der Waals surface area contributed by atoms with Crippen molar-refractivity contribution in [2.24, 2.45) is 0 Å². The van der Waals surface area contributed by atoms with Crippen molar-refractivity contribution in [1.82, 2.24) is 9.71 Å². The van der Waals surface area contributed by atoms with E-state index in [1.54, 1.807) is 6.08 Å². The van der Waals surface area contributed by atoms with Gasteiger partial charge in [-0.05, 0) is 43.5 Å². The Morgan fingerprint density at radius 3 is 2.48 bits per heavy atom. The molecule has 1 saturated heterocycles. The third kappa shape index (κ3) is 5.14. The fraction of sp³-hybridized carbons (Fsp3) is 0.316. The summed E-state index contributed by atoms with van der Waals surface area (Å²) in [6.45, 7) is 3.57. The van der Waals surface area contributed by atoms with Crippen molar-refractivity contribution in [1.29, 1.82) is 0 Å². The number of piperidine rings is 1. The highest BCUT2D eigenvalue weighted by molar-refractivity contribution is 7.92. The van der Waals surface area contributed by atoms with Crippen LogP contribution in [0.4, 0.5) is 5.82 Å². The highest BCUT2D eigenvalue weighted by Crippen LogP contribution is 2.18. The smallest absolute Gasteiger partial charge is 0.233 e. The van der Waals surface area contributed by atoms with Crippen molar-refractivity contribution in [2.45, 2.75) is 25.8 Å². The largest absolute Gasteiger partial charge is 0.356 e. The first-order valence-electron chi connectivity index (χ1n) is 8.46.